The highest BCUT2D eigenvalue weighted by Gasteiger charge is 2.30. The molecule has 1 saturated heterocycles. The second-order valence-electron chi connectivity index (χ2n) is 6.60. The predicted octanol–water partition coefficient (Wildman–Crippen LogP) is 3.03. The molecule has 100 valence electrons. The van der Waals surface area contributed by atoms with E-state index in [2.05, 4.69) is 31.0 Å². The van der Waals surface area contributed by atoms with E-state index in [9.17, 15) is 0 Å². The largest absolute Gasteiger partial charge is 0.310 e. The molecule has 0 aromatic heterocycles. The molecule has 2 unspecified atom stereocenters. The summed E-state index contributed by atoms with van der Waals surface area (Å²) >= 11 is 0. The number of hydrogen-bond donors (Lipinski definition) is 1. The highest BCUT2D eigenvalue weighted by molar-refractivity contribution is 4.90. The molecule has 2 nitrogen and oxygen atoms in total. The van der Waals surface area contributed by atoms with E-state index in [0.717, 1.165) is 24.0 Å². The van der Waals surface area contributed by atoms with Crippen molar-refractivity contribution >= 4 is 0 Å². The Morgan fingerprint density at radius 3 is 2.47 bits per heavy atom. The van der Waals surface area contributed by atoms with Crippen LogP contribution in [0.3, 0.4) is 0 Å². The summed E-state index contributed by atoms with van der Waals surface area (Å²) in [4.78, 5) is 2.69. The van der Waals surface area contributed by atoms with E-state index in [1.54, 1.807) is 0 Å². The topological polar surface area (TPSA) is 15.3 Å². The van der Waals surface area contributed by atoms with Crippen LogP contribution in [0.4, 0.5) is 0 Å². The Morgan fingerprint density at radius 2 is 1.82 bits per heavy atom. The van der Waals surface area contributed by atoms with Crippen LogP contribution in [0.25, 0.3) is 0 Å². The van der Waals surface area contributed by atoms with Gasteiger partial charge in [0.05, 0.1) is 0 Å². The lowest BCUT2D eigenvalue weighted by molar-refractivity contribution is 0.234. The molecule has 1 saturated carbocycles. The summed E-state index contributed by atoms with van der Waals surface area (Å²) in [6.07, 6.45) is 8.37. The molecule has 2 aliphatic rings. The first-order valence-corrected chi connectivity index (χ1v) is 7.65. The van der Waals surface area contributed by atoms with Crippen LogP contribution in [-0.2, 0) is 0 Å². The first-order chi connectivity index (χ1) is 8.15. The molecule has 2 atom stereocenters. The monoisotopic (exact) mass is 238 g/mol. The summed E-state index contributed by atoms with van der Waals surface area (Å²) in [5.74, 6) is 0.866. The minimum Gasteiger partial charge on any atom is -0.310 e. The molecule has 17 heavy (non-hydrogen) atoms. The number of rotatable bonds is 7. The van der Waals surface area contributed by atoms with Gasteiger partial charge in [-0.05, 0) is 38.5 Å². The smallest absolute Gasteiger partial charge is 0.0209 e. The molecule has 0 aromatic carbocycles. The van der Waals surface area contributed by atoms with E-state index >= 15 is 0 Å². The van der Waals surface area contributed by atoms with E-state index < -0.39 is 0 Å². The van der Waals surface area contributed by atoms with E-state index in [-0.39, 0.29) is 0 Å². The Hall–Kier alpha value is -0.0800. The van der Waals surface area contributed by atoms with Crippen molar-refractivity contribution in [2.45, 2.75) is 77.4 Å². The van der Waals surface area contributed by atoms with Crippen molar-refractivity contribution in [3.05, 3.63) is 0 Å². The summed E-state index contributed by atoms with van der Waals surface area (Å²) < 4.78 is 0. The number of nitrogens with one attached hydrogen (secondary N) is 1. The van der Waals surface area contributed by atoms with Crippen LogP contribution in [0.15, 0.2) is 0 Å². The Morgan fingerprint density at radius 1 is 1.06 bits per heavy atom. The molecule has 0 aromatic rings. The van der Waals surface area contributed by atoms with E-state index in [4.69, 9.17) is 0 Å². The van der Waals surface area contributed by atoms with Gasteiger partial charge in [0.1, 0.15) is 0 Å². The summed E-state index contributed by atoms with van der Waals surface area (Å²) in [6, 6.07) is 2.45. The molecule has 2 rings (SSSR count). The normalized spacial score (nSPS) is 27.9. The lowest BCUT2D eigenvalue weighted by Gasteiger charge is -2.24. The van der Waals surface area contributed by atoms with Crippen LogP contribution < -0.4 is 5.32 Å². The molecular formula is C15H30N2. The zero-order valence-corrected chi connectivity index (χ0v) is 11.9. The molecular weight excluding hydrogens is 208 g/mol. The number of hydrogen-bond acceptors (Lipinski definition) is 2. The molecule has 0 amide bonds. The van der Waals surface area contributed by atoms with Crippen LogP contribution in [0.2, 0.25) is 0 Å². The molecule has 0 spiro atoms. The fraction of sp³-hybridized carbons (Fsp3) is 1.00. The SMILES string of the molecule is CC(C)CCCC(C)N1CCC(NC2CC2)C1. The van der Waals surface area contributed by atoms with Crippen LogP contribution in [-0.4, -0.2) is 36.1 Å². The Labute approximate surface area is 107 Å². The molecule has 2 fully saturated rings. The number of likely N-dealkylation sites (tertiary alicyclic amines) is 1. The fourth-order valence-electron chi connectivity index (χ4n) is 2.91. The van der Waals surface area contributed by atoms with Crippen molar-refractivity contribution < 1.29 is 0 Å². The Kier molecular flexibility index (Phi) is 4.87. The third kappa shape index (κ3) is 4.59. The van der Waals surface area contributed by atoms with Crippen molar-refractivity contribution in [1.82, 2.24) is 10.2 Å². The second kappa shape index (κ2) is 6.19. The van der Waals surface area contributed by atoms with Crippen LogP contribution in [0.1, 0.15) is 59.3 Å². The third-order valence-electron chi connectivity index (χ3n) is 4.30. The van der Waals surface area contributed by atoms with Crippen molar-refractivity contribution in [2.75, 3.05) is 13.1 Å². The van der Waals surface area contributed by atoms with Gasteiger partial charge in [-0.3, -0.25) is 4.90 Å². The van der Waals surface area contributed by atoms with E-state index in [0.29, 0.717) is 0 Å². The third-order valence-corrected chi connectivity index (χ3v) is 4.30. The zero-order valence-electron chi connectivity index (χ0n) is 11.9. The highest BCUT2D eigenvalue weighted by atomic mass is 15.2. The van der Waals surface area contributed by atoms with Crippen LogP contribution >= 0.6 is 0 Å². The van der Waals surface area contributed by atoms with E-state index in [1.165, 1.54) is 51.6 Å². The van der Waals surface area contributed by atoms with Gasteiger partial charge in [-0.15, -0.1) is 0 Å². The van der Waals surface area contributed by atoms with Gasteiger partial charge in [0, 0.05) is 31.2 Å². The predicted molar refractivity (Wildman–Crippen MR) is 74.3 cm³/mol. The average Bonchev–Trinajstić information content (AvgIpc) is 2.93. The maximum absolute atomic E-state index is 3.77. The summed E-state index contributed by atoms with van der Waals surface area (Å²) in [5.41, 5.74) is 0. The molecule has 2 heteroatoms. The van der Waals surface area contributed by atoms with Gasteiger partial charge in [0.25, 0.3) is 0 Å². The summed E-state index contributed by atoms with van der Waals surface area (Å²) in [6.45, 7) is 9.68. The zero-order chi connectivity index (χ0) is 12.3. The standard InChI is InChI=1S/C15H30N2/c1-12(2)5-4-6-13(3)17-10-9-15(11-17)16-14-7-8-14/h12-16H,4-11H2,1-3H3. The van der Waals surface area contributed by atoms with Gasteiger partial charge in [0.2, 0.25) is 0 Å². The number of nitrogens with zero attached hydrogens (tertiary/aromatic N) is 1. The average molecular weight is 238 g/mol. The molecule has 0 bridgehead atoms. The Bertz CT molecular complexity index is 223. The van der Waals surface area contributed by atoms with Gasteiger partial charge in [-0.25, -0.2) is 0 Å². The quantitative estimate of drug-likeness (QED) is 0.733. The van der Waals surface area contributed by atoms with E-state index in [1.807, 2.05) is 0 Å². The molecule has 1 N–H and O–H groups in total. The summed E-state index contributed by atoms with van der Waals surface area (Å²) in [7, 11) is 0. The van der Waals surface area contributed by atoms with Gasteiger partial charge in [-0.2, -0.15) is 0 Å². The van der Waals surface area contributed by atoms with Crippen molar-refractivity contribution in [3.63, 3.8) is 0 Å². The first kappa shape index (κ1) is 13.4. The van der Waals surface area contributed by atoms with Gasteiger partial charge < -0.3 is 5.32 Å². The minimum absolute atomic E-state index is 0.787. The highest BCUT2D eigenvalue weighted by Crippen LogP contribution is 2.23. The second-order valence-corrected chi connectivity index (χ2v) is 6.60. The lowest BCUT2D eigenvalue weighted by atomic mass is 10.0. The minimum atomic E-state index is 0.787. The maximum atomic E-state index is 3.77. The van der Waals surface area contributed by atoms with Crippen molar-refractivity contribution in [3.8, 4) is 0 Å². The fourth-order valence-corrected chi connectivity index (χ4v) is 2.91. The maximum Gasteiger partial charge on any atom is 0.0209 e. The van der Waals surface area contributed by atoms with Crippen LogP contribution in [0, 0.1) is 5.92 Å². The van der Waals surface area contributed by atoms with Gasteiger partial charge in [0.15, 0.2) is 0 Å². The molecule has 1 aliphatic heterocycles. The first-order valence-electron chi connectivity index (χ1n) is 7.65. The summed E-state index contributed by atoms with van der Waals surface area (Å²) in [5, 5.41) is 3.77. The van der Waals surface area contributed by atoms with Gasteiger partial charge in [-0.1, -0.05) is 26.7 Å². The molecule has 1 aliphatic carbocycles. The van der Waals surface area contributed by atoms with Crippen molar-refractivity contribution in [1.29, 1.82) is 0 Å². The molecule has 0 radical (unpaired) electrons. The lowest BCUT2D eigenvalue weighted by Crippen LogP contribution is -2.37. The van der Waals surface area contributed by atoms with Crippen LogP contribution in [0.5, 0.6) is 0 Å². The Balaban J connectivity index is 1.60. The van der Waals surface area contributed by atoms with Gasteiger partial charge >= 0.3 is 0 Å². The molecule has 1 heterocycles. The van der Waals surface area contributed by atoms with Crippen molar-refractivity contribution in [2.24, 2.45) is 5.92 Å².